The number of halogens is 1. The van der Waals surface area contributed by atoms with E-state index in [0.29, 0.717) is 16.6 Å². The molecule has 7 nitrogen and oxygen atoms in total. The number of aromatic nitrogens is 1. The normalized spacial score (nSPS) is 10.3. The number of methoxy groups -OCH3 is 2. The quantitative estimate of drug-likeness (QED) is 0.679. The van der Waals surface area contributed by atoms with Crippen molar-refractivity contribution >= 4 is 28.2 Å². The van der Waals surface area contributed by atoms with Crippen molar-refractivity contribution in [3.63, 3.8) is 0 Å². The number of thiazole rings is 1. The van der Waals surface area contributed by atoms with E-state index >= 15 is 0 Å². The Morgan fingerprint density at radius 1 is 1.15 bits per heavy atom. The minimum Gasteiger partial charge on any atom is -0.493 e. The summed E-state index contributed by atoms with van der Waals surface area (Å²) in [5.41, 5.74) is 5.76. The van der Waals surface area contributed by atoms with Crippen LogP contribution in [0, 0.1) is 5.82 Å². The molecule has 0 atom stereocenters. The number of carbonyl (C=O) groups is 1. The number of benzene rings is 2. The molecule has 27 heavy (non-hydrogen) atoms. The van der Waals surface area contributed by atoms with E-state index < -0.39 is 11.8 Å². The van der Waals surface area contributed by atoms with Gasteiger partial charge < -0.3 is 19.9 Å². The lowest BCUT2D eigenvalue weighted by Crippen LogP contribution is -2.31. The first kappa shape index (κ1) is 18.5. The summed E-state index contributed by atoms with van der Waals surface area (Å²) in [6.45, 7) is 0. The van der Waals surface area contributed by atoms with Crippen molar-refractivity contribution in [2.45, 2.75) is 0 Å². The fraction of sp³-hybridized carbons (Fsp3) is 0.111. The maximum absolute atomic E-state index is 13.9. The smallest absolute Gasteiger partial charge is 0.325 e. The van der Waals surface area contributed by atoms with Gasteiger partial charge in [-0.05, 0) is 24.3 Å². The highest BCUT2D eigenvalue weighted by atomic mass is 32.1. The zero-order chi connectivity index (χ0) is 19.4. The number of nitrogens with two attached hydrogens (primary N) is 1. The number of anilines is 2. The molecule has 0 radical (unpaired) electrons. The molecule has 0 aliphatic carbocycles. The van der Waals surface area contributed by atoms with Gasteiger partial charge >= 0.3 is 6.03 Å². The van der Waals surface area contributed by atoms with Crippen LogP contribution in [0.3, 0.4) is 0 Å². The molecule has 0 saturated carbocycles. The van der Waals surface area contributed by atoms with E-state index in [1.165, 1.54) is 43.9 Å². The molecular formula is C18H16FN3O4S. The number of hydrogen-bond acceptors (Lipinski definition) is 6. The molecule has 9 heteroatoms. The number of rotatable bonds is 6. The van der Waals surface area contributed by atoms with E-state index in [9.17, 15) is 9.18 Å². The van der Waals surface area contributed by atoms with E-state index in [1.807, 2.05) is 0 Å². The average molecular weight is 389 g/mol. The van der Waals surface area contributed by atoms with Gasteiger partial charge in [0, 0.05) is 17.6 Å². The van der Waals surface area contributed by atoms with Gasteiger partial charge in [-0.2, -0.15) is 0 Å². The van der Waals surface area contributed by atoms with Gasteiger partial charge in [-0.15, -0.1) is 11.3 Å². The Labute approximate surface area is 158 Å². The highest BCUT2D eigenvalue weighted by molar-refractivity contribution is 7.13. The lowest BCUT2D eigenvalue weighted by Gasteiger charge is -2.21. The average Bonchev–Trinajstić information content (AvgIpc) is 3.17. The number of nitrogens with zero attached hydrogens (tertiary/aromatic N) is 2. The van der Waals surface area contributed by atoms with Crippen LogP contribution in [0.2, 0.25) is 0 Å². The summed E-state index contributed by atoms with van der Waals surface area (Å²) < 4.78 is 30.3. The summed E-state index contributed by atoms with van der Waals surface area (Å²) in [5, 5.41) is 2.03. The van der Waals surface area contributed by atoms with Gasteiger partial charge in [0.05, 0.1) is 19.9 Å². The van der Waals surface area contributed by atoms with E-state index in [4.69, 9.17) is 19.9 Å². The predicted molar refractivity (Wildman–Crippen MR) is 99.9 cm³/mol. The summed E-state index contributed by atoms with van der Waals surface area (Å²) in [5.74, 6) is 0.580. The van der Waals surface area contributed by atoms with Crippen LogP contribution in [0.15, 0.2) is 48.0 Å². The monoisotopic (exact) mass is 389 g/mol. The molecule has 0 bridgehead atoms. The minimum atomic E-state index is -0.779. The van der Waals surface area contributed by atoms with Crippen molar-refractivity contribution in [1.82, 2.24) is 4.98 Å². The Balaban J connectivity index is 2.09. The van der Waals surface area contributed by atoms with Gasteiger partial charge in [-0.25, -0.2) is 19.1 Å². The molecule has 2 amide bonds. The maximum Gasteiger partial charge on any atom is 0.325 e. The number of para-hydroxylation sites is 1. The molecule has 0 saturated heterocycles. The summed E-state index contributed by atoms with van der Waals surface area (Å²) >= 11 is 1.21. The van der Waals surface area contributed by atoms with Crippen LogP contribution in [-0.2, 0) is 0 Å². The van der Waals surface area contributed by atoms with Crippen LogP contribution in [0.4, 0.5) is 20.0 Å². The van der Waals surface area contributed by atoms with Crippen molar-refractivity contribution in [1.29, 1.82) is 0 Å². The molecule has 3 rings (SSSR count). The van der Waals surface area contributed by atoms with Gasteiger partial charge in [0.1, 0.15) is 5.82 Å². The van der Waals surface area contributed by atoms with E-state index in [1.54, 1.807) is 23.6 Å². The van der Waals surface area contributed by atoms with Crippen molar-refractivity contribution in [2.24, 2.45) is 5.73 Å². The van der Waals surface area contributed by atoms with Crippen molar-refractivity contribution in [3.8, 4) is 23.0 Å². The largest absolute Gasteiger partial charge is 0.493 e. The summed E-state index contributed by atoms with van der Waals surface area (Å²) in [4.78, 5) is 17.3. The molecule has 0 aliphatic heterocycles. The molecule has 0 fully saturated rings. The molecule has 0 unspecified atom stereocenters. The number of urea groups is 1. The molecule has 1 heterocycles. The number of ether oxygens (including phenoxy) is 3. The zero-order valence-corrected chi connectivity index (χ0v) is 15.3. The van der Waals surface area contributed by atoms with Crippen LogP contribution < -0.4 is 24.8 Å². The first-order valence-corrected chi connectivity index (χ1v) is 8.60. The Bertz CT molecular complexity index is 950. The molecule has 0 spiro atoms. The van der Waals surface area contributed by atoms with Crippen molar-refractivity contribution in [3.05, 3.63) is 53.8 Å². The number of carbonyl (C=O) groups excluding carboxylic acids is 1. The third-order valence-corrected chi connectivity index (χ3v) is 4.34. The lowest BCUT2D eigenvalue weighted by molar-refractivity contribution is 0.256. The van der Waals surface area contributed by atoms with Gasteiger partial charge in [0.2, 0.25) is 5.75 Å². The third-order valence-electron chi connectivity index (χ3n) is 3.58. The van der Waals surface area contributed by atoms with Crippen LogP contribution in [0.1, 0.15) is 0 Å². The molecular weight excluding hydrogens is 373 g/mol. The zero-order valence-electron chi connectivity index (χ0n) is 14.5. The van der Waals surface area contributed by atoms with Crippen molar-refractivity contribution in [2.75, 3.05) is 19.1 Å². The van der Waals surface area contributed by atoms with Gasteiger partial charge in [-0.1, -0.05) is 6.07 Å². The topological polar surface area (TPSA) is 86.9 Å². The predicted octanol–water partition coefficient (Wildman–Crippen LogP) is 4.31. The van der Waals surface area contributed by atoms with Gasteiger partial charge in [0.25, 0.3) is 0 Å². The fourth-order valence-corrected chi connectivity index (χ4v) is 3.11. The molecule has 0 aliphatic rings. The highest BCUT2D eigenvalue weighted by Gasteiger charge is 2.23. The Morgan fingerprint density at radius 2 is 1.93 bits per heavy atom. The van der Waals surface area contributed by atoms with Gasteiger partial charge in [-0.3, -0.25) is 0 Å². The molecule has 140 valence electrons. The van der Waals surface area contributed by atoms with Crippen LogP contribution in [0.25, 0.3) is 0 Å². The van der Waals surface area contributed by atoms with Crippen LogP contribution in [0.5, 0.6) is 23.0 Å². The highest BCUT2D eigenvalue weighted by Crippen LogP contribution is 2.43. The van der Waals surface area contributed by atoms with Crippen molar-refractivity contribution < 1.29 is 23.4 Å². The summed E-state index contributed by atoms with van der Waals surface area (Å²) in [6, 6.07) is 7.99. The second kappa shape index (κ2) is 7.92. The Morgan fingerprint density at radius 3 is 2.56 bits per heavy atom. The summed E-state index contributed by atoms with van der Waals surface area (Å²) in [6.07, 6.45) is 1.53. The van der Waals surface area contributed by atoms with Crippen LogP contribution in [-0.4, -0.2) is 25.2 Å². The molecule has 1 aromatic heterocycles. The molecule has 3 aromatic rings. The Kier molecular flexibility index (Phi) is 5.41. The number of primary amides is 1. The van der Waals surface area contributed by atoms with Crippen LogP contribution >= 0.6 is 11.3 Å². The van der Waals surface area contributed by atoms with Gasteiger partial charge in [0.15, 0.2) is 22.4 Å². The molecule has 2 N–H and O–H groups in total. The first-order valence-electron chi connectivity index (χ1n) is 7.72. The first-order chi connectivity index (χ1) is 13.0. The third kappa shape index (κ3) is 3.77. The fourth-order valence-electron chi connectivity index (χ4n) is 2.45. The molecule has 2 aromatic carbocycles. The lowest BCUT2D eigenvalue weighted by atomic mass is 10.2. The maximum atomic E-state index is 13.9. The Hall–Kier alpha value is -3.33. The SMILES string of the molecule is COc1cccc(Oc2cc(F)ccc2N(C(N)=O)c2nccs2)c1OC. The van der Waals surface area contributed by atoms with E-state index in [2.05, 4.69) is 4.98 Å². The number of hydrogen-bond donors (Lipinski definition) is 1. The second-order valence-electron chi connectivity index (χ2n) is 5.19. The minimum absolute atomic E-state index is 0.0653. The standard InChI is InChI=1S/C18H16FN3O4S/c1-24-13-4-3-5-14(16(13)25-2)26-15-10-11(19)6-7-12(15)22(17(20)23)18-21-8-9-27-18/h3-10H,1-2H3,(H2,20,23). The number of amides is 2. The van der Waals surface area contributed by atoms with E-state index in [-0.39, 0.29) is 17.2 Å². The van der Waals surface area contributed by atoms with E-state index in [0.717, 1.165) is 11.0 Å². The summed E-state index contributed by atoms with van der Waals surface area (Å²) in [7, 11) is 2.95. The second-order valence-corrected chi connectivity index (χ2v) is 6.07.